The van der Waals surface area contributed by atoms with Crippen molar-refractivity contribution in [2.45, 2.75) is 26.2 Å². The van der Waals surface area contributed by atoms with Gasteiger partial charge in [-0.05, 0) is 95.4 Å². The van der Waals surface area contributed by atoms with Crippen molar-refractivity contribution >= 4 is 88.2 Å². The molecule has 0 radical (unpaired) electrons. The number of nitrogens with zero attached hydrogens (tertiary/aromatic N) is 7. The van der Waals surface area contributed by atoms with Gasteiger partial charge in [0.15, 0.2) is 0 Å². The summed E-state index contributed by atoms with van der Waals surface area (Å²) in [6.45, 7) is 1.60. The van der Waals surface area contributed by atoms with Gasteiger partial charge in [0, 0.05) is 95.1 Å². The van der Waals surface area contributed by atoms with E-state index >= 15 is 0 Å². The van der Waals surface area contributed by atoms with Gasteiger partial charge in [-0.2, -0.15) is 5.26 Å². The van der Waals surface area contributed by atoms with Crippen molar-refractivity contribution in [3.05, 3.63) is 193 Å². The van der Waals surface area contributed by atoms with Crippen molar-refractivity contribution in [1.82, 2.24) is 18.7 Å². The van der Waals surface area contributed by atoms with E-state index in [1.54, 1.807) is 0 Å². The Kier molecular flexibility index (Phi) is 7.56. The molecule has 0 saturated carbocycles. The fraction of sp³-hybridized carbons (Fsp3) is 0.115. The lowest BCUT2D eigenvalue weighted by Crippen LogP contribution is -2.25. The molecule has 0 amide bonds. The average Bonchev–Trinajstić information content (AvgIpc) is 4.28. The van der Waals surface area contributed by atoms with Crippen LogP contribution in [-0.2, 0) is 19.4 Å². The van der Waals surface area contributed by atoms with Gasteiger partial charge in [0.25, 0.3) is 0 Å². The first-order valence-electron chi connectivity index (χ1n) is 26.0. The van der Waals surface area contributed by atoms with E-state index in [0.717, 1.165) is 72.1 Å². The highest BCUT2D eigenvalue weighted by molar-refractivity contribution is 6.25. The SMILES string of the molecule is [2H]C([2H])([2H])n1c2ccccc2c2cc3c4ccccc4n(C([2H])([2H])[2H])c3c(N3CN(c4cccc(Oc5ccc6c7cc(C#N)ccc7n(-c7cc(C(C)(C)C)c(-c8ccccc8)cn7)c6c5)c4)c4ccccc43)c21. The second-order valence-electron chi connectivity index (χ2n) is 18.9. The van der Waals surface area contributed by atoms with Crippen LogP contribution in [0.2, 0.25) is 0 Å². The Labute approximate surface area is 408 Å². The highest BCUT2D eigenvalue weighted by Crippen LogP contribution is 2.51. The van der Waals surface area contributed by atoms with Crippen molar-refractivity contribution < 1.29 is 13.0 Å². The topological polar surface area (TPSA) is 67.2 Å². The zero-order valence-electron chi connectivity index (χ0n) is 44.1. The van der Waals surface area contributed by atoms with Gasteiger partial charge in [0.2, 0.25) is 0 Å². The number of hydrogen-bond acceptors (Lipinski definition) is 5. The Morgan fingerprint density at radius 1 is 0.565 bits per heavy atom. The first-order chi connectivity index (χ1) is 36.1. The van der Waals surface area contributed by atoms with Gasteiger partial charge in [0.1, 0.15) is 24.0 Å². The summed E-state index contributed by atoms with van der Waals surface area (Å²) in [5.74, 6) is 1.91. The number of hydrogen-bond donors (Lipinski definition) is 0. The minimum absolute atomic E-state index is 0.211. The molecule has 12 aromatic rings. The summed E-state index contributed by atoms with van der Waals surface area (Å²) in [4.78, 5) is 9.31. The molecule has 69 heavy (non-hydrogen) atoms. The van der Waals surface area contributed by atoms with E-state index in [1.807, 2.05) is 164 Å². The number of aromatic nitrogens is 4. The van der Waals surface area contributed by atoms with Gasteiger partial charge in [-0.1, -0.05) is 106 Å². The Bertz CT molecular complexity index is 4260. The molecule has 0 unspecified atom stereocenters. The number of nitriles is 1. The third kappa shape index (κ3) is 6.17. The normalized spacial score (nSPS) is 14.5. The van der Waals surface area contributed by atoms with E-state index in [9.17, 15) is 5.26 Å². The Morgan fingerprint density at radius 2 is 1.22 bits per heavy atom. The molecule has 0 fully saturated rings. The van der Waals surface area contributed by atoms with Crippen molar-refractivity contribution in [2.75, 3.05) is 16.5 Å². The number of rotatable bonds is 6. The fourth-order valence-corrected chi connectivity index (χ4v) is 10.7. The highest BCUT2D eigenvalue weighted by Gasteiger charge is 2.33. The van der Waals surface area contributed by atoms with Crippen molar-refractivity contribution in [3.8, 4) is 34.5 Å². The number of benzene rings is 8. The van der Waals surface area contributed by atoms with Gasteiger partial charge in [-0.25, -0.2) is 4.98 Å². The molecule has 8 nitrogen and oxygen atoms in total. The lowest BCUT2D eigenvalue weighted by atomic mass is 9.82. The molecule has 1 aliphatic heterocycles. The molecule has 13 rings (SSSR count). The summed E-state index contributed by atoms with van der Waals surface area (Å²) >= 11 is 0. The maximum absolute atomic E-state index is 9.97. The number of anilines is 4. The number of fused-ring (bicyclic) bond motifs is 10. The summed E-state index contributed by atoms with van der Waals surface area (Å²) in [5.41, 5.74) is 10.2. The molecule has 5 heterocycles. The zero-order chi connectivity index (χ0) is 51.7. The summed E-state index contributed by atoms with van der Waals surface area (Å²) in [5, 5.41) is 14.8. The minimum atomic E-state index is -2.62. The summed E-state index contributed by atoms with van der Waals surface area (Å²) in [7, 11) is 0. The van der Waals surface area contributed by atoms with E-state index in [0.29, 0.717) is 55.6 Å². The van der Waals surface area contributed by atoms with Crippen molar-refractivity contribution in [1.29, 1.82) is 5.26 Å². The second-order valence-corrected chi connectivity index (χ2v) is 18.9. The Morgan fingerprint density at radius 3 is 1.91 bits per heavy atom. The van der Waals surface area contributed by atoms with Crippen LogP contribution >= 0.6 is 0 Å². The van der Waals surface area contributed by atoms with E-state index in [4.69, 9.17) is 17.9 Å². The van der Waals surface area contributed by atoms with Crippen molar-refractivity contribution in [2.24, 2.45) is 14.0 Å². The van der Waals surface area contributed by atoms with Gasteiger partial charge in [0.05, 0.1) is 50.8 Å². The van der Waals surface area contributed by atoms with Crippen LogP contribution in [0.25, 0.3) is 82.4 Å². The molecule has 0 spiro atoms. The smallest absolute Gasteiger partial charge is 0.137 e. The van der Waals surface area contributed by atoms with Crippen molar-refractivity contribution in [3.63, 3.8) is 0 Å². The molecule has 1 aliphatic rings. The molecule has 8 aromatic carbocycles. The molecule has 332 valence electrons. The lowest BCUT2D eigenvalue weighted by molar-refractivity contribution is 0.483. The molecule has 0 aliphatic carbocycles. The molecule has 0 bridgehead atoms. The first kappa shape index (κ1) is 34.5. The van der Waals surface area contributed by atoms with Gasteiger partial charge >= 0.3 is 0 Å². The van der Waals surface area contributed by atoms with Crippen LogP contribution in [0.4, 0.5) is 22.7 Å². The van der Waals surface area contributed by atoms with E-state index in [-0.39, 0.29) is 12.1 Å². The number of ether oxygens (including phenoxy) is 1. The van der Waals surface area contributed by atoms with Crippen LogP contribution in [0.3, 0.4) is 0 Å². The molecule has 4 aromatic heterocycles. The van der Waals surface area contributed by atoms with Crippen LogP contribution in [0, 0.1) is 11.3 Å². The Hall–Kier alpha value is -8.80. The number of para-hydroxylation sites is 4. The Balaban J connectivity index is 0.948. The molecular weight excluding hydrogens is 847 g/mol. The number of aryl methyl sites for hydroxylation is 2. The summed E-state index contributed by atoms with van der Waals surface area (Å²) < 4.78 is 65.6. The lowest BCUT2D eigenvalue weighted by Gasteiger charge is -2.25. The maximum atomic E-state index is 9.97. The fourth-order valence-electron chi connectivity index (χ4n) is 10.7. The molecule has 0 saturated heterocycles. The second kappa shape index (κ2) is 15.1. The quantitative estimate of drug-likeness (QED) is 0.166. The van der Waals surface area contributed by atoms with E-state index in [1.165, 1.54) is 9.13 Å². The van der Waals surface area contributed by atoms with Gasteiger partial charge < -0.3 is 23.7 Å². The zero-order valence-corrected chi connectivity index (χ0v) is 38.1. The third-order valence-electron chi connectivity index (χ3n) is 13.8. The van der Waals surface area contributed by atoms with Crippen LogP contribution in [-0.4, -0.2) is 25.4 Å². The molecule has 0 N–H and O–H groups in total. The largest absolute Gasteiger partial charge is 0.457 e. The highest BCUT2D eigenvalue weighted by atomic mass is 16.5. The number of pyridine rings is 1. The molecule has 8 heteroatoms. The molecule has 0 atom stereocenters. The van der Waals surface area contributed by atoms with Crippen LogP contribution < -0.4 is 14.5 Å². The monoisotopic (exact) mass is 899 g/mol. The third-order valence-corrected chi connectivity index (χ3v) is 13.8. The standard InChI is InChI=1S/C61H47N7O/c1-61(2,3)50-34-57(63-36-49(50)39-16-7-6-8-17-39)68-53-29-26-38(35-62)30-46(53)45-28-27-42(32-56(45)68)69-41-19-15-18-40(31-41)66-37-67(55-25-14-13-24-54(55)66)60-58-47(43-20-9-11-22-51(43)64(58)4)33-48-44-21-10-12-23-52(44)65(5)59(48)60/h6-34,36H,37H2,1-5H3/i4D3,5D3. The maximum Gasteiger partial charge on any atom is 0.137 e. The van der Waals surface area contributed by atoms with Gasteiger partial charge in [-0.15, -0.1) is 0 Å². The predicted octanol–water partition coefficient (Wildman–Crippen LogP) is 15.3. The minimum Gasteiger partial charge on any atom is -0.457 e. The molecular formula is C61H47N7O. The van der Waals surface area contributed by atoms with Crippen LogP contribution in [0.5, 0.6) is 11.5 Å². The summed E-state index contributed by atoms with van der Waals surface area (Å²) in [6.07, 6.45) is 1.96. The van der Waals surface area contributed by atoms with E-state index in [2.05, 4.69) is 59.4 Å². The summed E-state index contributed by atoms with van der Waals surface area (Å²) in [6, 6.07) is 59.2. The van der Waals surface area contributed by atoms with Crippen LogP contribution in [0.1, 0.15) is 40.1 Å². The average molecular weight is 900 g/mol. The van der Waals surface area contributed by atoms with Crippen LogP contribution in [0.15, 0.2) is 182 Å². The van der Waals surface area contributed by atoms with Gasteiger partial charge in [-0.3, -0.25) is 4.57 Å². The first-order valence-corrected chi connectivity index (χ1v) is 23.0. The van der Waals surface area contributed by atoms with E-state index < -0.39 is 14.0 Å². The predicted molar refractivity (Wildman–Crippen MR) is 284 cm³/mol.